The van der Waals surface area contributed by atoms with Gasteiger partial charge >= 0.3 is 0 Å². The van der Waals surface area contributed by atoms with E-state index >= 15 is 0 Å². The summed E-state index contributed by atoms with van der Waals surface area (Å²) in [5.41, 5.74) is 7.74. The number of hydrogen-bond donors (Lipinski definition) is 3. The molecule has 0 aliphatic carbocycles. The van der Waals surface area contributed by atoms with Gasteiger partial charge in [0.05, 0.1) is 0 Å². The maximum Gasteiger partial charge on any atom is 0.251 e. The molecule has 4 nitrogen and oxygen atoms in total. The summed E-state index contributed by atoms with van der Waals surface area (Å²) in [6.07, 6.45) is 0. The maximum atomic E-state index is 11.8. The lowest BCUT2D eigenvalue weighted by Crippen LogP contribution is -2.30. The van der Waals surface area contributed by atoms with Gasteiger partial charge in [0.1, 0.15) is 0 Å². The minimum absolute atomic E-state index is 0.0676. The van der Waals surface area contributed by atoms with Crippen LogP contribution in [0.3, 0.4) is 0 Å². The van der Waals surface area contributed by atoms with E-state index in [4.69, 9.17) is 10.8 Å². The number of nitrogens with one attached hydrogen (secondary N) is 1. The molecule has 0 aromatic heterocycles. The predicted octanol–water partition coefficient (Wildman–Crippen LogP) is 0.935. The predicted molar refractivity (Wildman–Crippen MR) is 64.2 cm³/mol. The second kappa shape index (κ2) is 5.51. The topological polar surface area (TPSA) is 75.4 Å². The Morgan fingerprint density at radius 2 is 2.25 bits per heavy atom. The van der Waals surface area contributed by atoms with Crippen LogP contribution in [0.25, 0.3) is 0 Å². The van der Waals surface area contributed by atoms with Crippen LogP contribution in [0.4, 0.5) is 5.69 Å². The fraction of sp³-hybridized carbons (Fsp3) is 0.417. The molecule has 0 fully saturated rings. The van der Waals surface area contributed by atoms with E-state index in [2.05, 4.69) is 5.32 Å². The van der Waals surface area contributed by atoms with Crippen LogP contribution in [0.1, 0.15) is 22.8 Å². The third-order valence-electron chi connectivity index (χ3n) is 2.42. The summed E-state index contributed by atoms with van der Waals surface area (Å²) in [5, 5.41) is 11.6. The van der Waals surface area contributed by atoms with Crippen LogP contribution in [-0.2, 0) is 0 Å². The number of hydrogen-bond acceptors (Lipinski definition) is 3. The lowest BCUT2D eigenvalue weighted by Gasteiger charge is -2.11. The van der Waals surface area contributed by atoms with Crippen molar-refractivity contribution in [3.63, 3.8) is 0 Å². The van der Waals surface area contributed by atoms with Crippen LogP contribution in [0.2, 0.25) is 0 Å². The Morgan fingerprint density at radius 1 is 1.56 bits per heavy atom. The third-order valence-corrected chi connectivity index (χ3v) is 2.42. The molecule has 1 unspecified atom stereocenters. The summed E-state index contributed by atoms with van der Waals surface area (Å²) in [7, 11) is 0. The van der Waals surface area contributed by atoms with Crippen molar-refractivity contribution >= 4 is 11.6 Å². The molecule has 1 aromatic carbocycles. The van der Waals surface area contributed by atoms with Crippen molar-refractivity contribution in [3.8, 4) is 0 Å². The molecule has 1 amide bonds. The number of aliphatic hydroxyl groups is 1. The third kappa shape index (κ3) is 3.24. The Kier molecular flexibility index (Phi) is 4.31. The molecular weight excluding hydrogens is 204 g/mol. The summed E-state index contributed by atoms with van der Waals surface area (Å²) in [6, 6.07) is 5.19. The van der Waals surface area contributed by atoms with Gasteiger partial charge in [-0.1, -0.05) is 6.92 Å². The first kappa shape index (κ1) is 12.5. The Morgan fingerprint density at radius 3 is 2.81 bits per heavy atom. The largest absolute Gasteiger partial charge is 0.399 e. The number of carbonyl (C=O) groups is 1. The van der Waals surface area contributed by atoms with Crippen LogP contribution < -0.4 is 11.1 Å². The molecule has 88 valence electrons. The highest BCUT2D eigenvalue weighted by Gasteiger charge is 2.09. The van der Waals surface area contributed by atoms with Crippen LogP contribution in [-0.4, -0.2) is 24.2 Å². The second-order valence-corrected chi connectivity index (χ2v) is 4.07. The van der Waals surface area contributed by atoms with E-state index in [0.717, 1.165) is 5.56 Å². The zero-order valence-electron chi connectivity index (χ0n) is 9.66. The Hall–Kier alpha value is -1.55. The van der Waals surface area contributed by atoms with Crippen molar-refractivity contribution < 1.29 is 9.90 Å². The zero-order valence-corrected chi connectivity index (χ0v) is 9.66. The molecule has 1 aromatic rings. The highest BCUT2D eigenvalue weighted by molar-refractivity contribution is 5.95. The lowest BCUT2D eigenvalue weighted by atomic mass is 10.1. The number of nitrogens with two attached hydrogens (primary N) is 1. The SMILES string of the molecule is Cc1cc(N)ccc1C(=O)NCC(C)CO. The summed E-state index contributed by atoms with van der Waals surface area (Å²) in [6.45, 7) is 4.26. The molecular formula is C12H18N2O2. The number of benzene rings is 1. The molecule has 0 bridgehead atoms. The number of carbonyl (C=O) groups excluding carboxylic acids is 1. The lowest BCUT2D eigenvalue weighted by molar-refractivity contribution is 0.0941. The van der Waals surface area contributed by atoms with E-state index in [-0.39, 0.29) is 18.4 Å². The minimum Gasteiger partial charge on any atom is -0.399 e. The van der Waals surface area contributed by atoms with Crippen molar-refractivity contribution in [3.05, 3.63) is 29.3 Å². The van der Waals surface area contributed by atoms with E-state index in [0.29, 0.717) is 17.8 Å². The van der Waals surface area contributed by atoms with Gasteiger partial charge in [0, 0.05) is 24.4 Å². The average Bonchev–Trinajstić information content (AvgIpc) is 2.25. The van der Waals surface area contributed by atoms with Crippen molar-refractivity contribution in [2.45, 2.75) is 13.8 Å². The van der Waals surface area contributed by atoms with Crippen LogP contribution in [0.5, 0.6) is 0 Å². The first-order chi connectivity index (χ1) is 7.54. The molecule has 0 saturated heterocycles. The van der Waals surface area contributed by atoms with E-state index in [9.17, 15) is 4.79 Å². The van der Waals surface area contributed by atoms with Crippen LogP contribution >= 0.6 is 0 Å². The molecule has 4 heteroatoms. The second-order valence-electron chi connectivity index (χ2n) is 4.07. The van der Waals surface area contributed by atoms with Gasteiger partial charge in [-0.15, -0.1) is 0 Å². The summed E-state index contributed by atoms with van der Waals surface area (Å²) < 4.78 is 0. The summed E-state index contributed by atoms with van der Waals surface area (Å²) >= 11 is 0. The highest BCUT2D eigenvalue weighted by atomic mass is 16.3. The quantitative estimate of drug-likeness (QED) is 0.663. The molecule has 1 rings (SSSR count). The first-order valence-electron chi connectivity index (χ1n) is 5.29. The summed E-state index contributed by atoms with van der Waals surface area (Å²) in [5.74, 6) is -0.0594. The normalized spacial score (nSPS) is 12.2. The molecule has 0 spiro atoms. The van der Waals surface area contributed by atoms with Crippen molar-refractivity contribution in [1.82, 2.24) is 5.32 Å². The molecule has 16 heavy (non-hydrogen) atoms. The molecule has 0 heterocycles. The Balaban J connectivity index is 2.66. The zero-order chi connectivity index (χ0) is 12.1. The van der Waals surface area contributed by atoms with E-state index in [1.54, 1.807) is 18.2 Å². The monoisotopic (exact) mass is 222 g/mol. The van der Waals surface area contributed by atoms with Crippen molar-refractivity contribution in [2.75, 3.05) is 18.9 Å². The minimum atomic E-state index is -0.127. The van der Waals surface area contributed by atoms with Gasteiger partial charge < -0.3 is 16.2 Å². The molecule has 0 aliphatic rings. The standard InChI is InChI=1S/C12H18N2O2/c1-8(7-15)6-14-12(16)11-4-3-10(13)5-9(11)2/h3-5,8,15H,6-7,13H2,1-2H3,(H,14,16). The highest BCUT2D eigenvalue weighted by Crippen LogP contribution is 2.12. The van der Waals surface area contributed by atoms with E-state index in [1.807, 2.05) is 13.8 Å². The number of anilines is 1. The van der Waals surface area contributed by atoms with Gasteiger partial charge in [-0.25, -0.2) is 0 Å². The van der Waals surface area contributed by atoms with E-state index < -0.39 is 0 Å². The van der Waals surface area contributed by atoms with Crippen molar-refractivity contribution in [2.24, 2.45) is 5.92 Å². The van der Waals surface area contributed by atoms with Crippen LogP contribution in [0, 0.1) is 12.8 Å². The van der Waals surface area contributed by atoms with Gasteiger partial charge in [0.15, 0.2) is 0 Å². The van der Waals surface area contributed by atoms with Gasteiger partial charge in [-0.3, -0.25) is 4.79 Å². The Labute approximate surface area is 95.5 Å². The molecule has 1 atom stereocenters. The molecule has 0 saturated carbocycles. The molecule has 0 aliphatic heterocycles. The first-order valence-corrected chi connectivity index (χ1v) is 5.29. The maximum absolute atomic E-state index is 11.8. The Bertz CT molecular complexity index is 377. The number of aliphatic hydroxyl groups excluding tert-OH is 1. The van der Waals surface area contributed by atoms with Crippen LogP contribution in [0.15, 0.2) is 18.2 Å². The molecule has 0 radical (unpaired) electrons. The number of nitrogen functional groups attached to an aromatic ring is 1. The fourth-order valence-electron chi connectivity index (χ4n) is 1.37. The number of rotatable bonds is 4. The van der Waals surface area contributed by atoms with Gasteiger partial charge in [-0.2, -0.15) is 0 Å². The van der Waals surface area contributed by atoms with Crippen molar-refractivity contribution in [1.29, 1.82) is 0 Å². The van der Waals surface area contributed by atoms with E-state index in [1.165, 1.54) is 0 Å². The van der Waals surface area contributed by atoms with Gasteiger partial charge in [0.2, 0.25) is 0 Å². The summed E-state index contributed by atoms with van der Waals surface area (Å²) in [4.78, 5) is 11.8. The number of aryl methyl sites for hydroxylation is 1. The number of amides is 1. The average molecular weight is 222 g/mol. The smallest absolute Gasteiger partial charge is 0.251 e. The van der Waals surface area contributed by atoms with Gasteiger partial charge in [-0.05, 0) is 36.6 Å². The van der Waals surface area contributed by atoms with Gasteiger partial charge in [0.25, 0.3) is 5.91 Å². The molecule has 4 N–H and O–H groups in total. The fourth-order valence-corrected chi connectivity index (χ4v) is 1.37.